The van der Waals surface area contributed by atoms with Gasteiger partial charge < -0.3 is 10.4 Å². The van der Waals surface area contributed by atoms with Gasteiger partial charge in [-0.15, -0.1) is 0 Å². The van der Waals surface area contributed by atoms with E-state index in [0.29, 0.717) is 21.8 Å². The highest BCUT2D eigenvalue weighted by atomic mass is 35.5. The molecule has 1 aliphatic heterocycles. The first kappa shape index (κ1) is 13.8. The predicted molar refractivity (Wildman–Crippen MR) is 79.4 cm³/mol. The number of aliphatic hydroxyl groups is 1. The van der Waals surface area contributed by atoms with Gasteiger partial charge in [0.15, 0.2) is 11.4 Å². The van der Waals surface area contributed by atoms with Crippen molar-refractivity contribution in [2.75, 3.05) is 5.32 Å². The minimum Gasteiger partial charge on any atom is -0.375 e. The van der Waals surface area contributed by atoms with Gasteiger partial charge in [-0.05, 0) is 30.3 Å². The van der Waals surface area contributed by atoms with Crippen molar-refractivity contribution in [2.24, 2.45) is 0 Å². The lowest BCUT2D eigenvalue weighted by Gasteiger charge is -2.19. The summed E-state index contributed by atoms with van der Waals surface area (Å²) in [4.78, 5) is 24.3. The van der Waals surface area contributed by atoms with Crippen LogP contribution in [-0.2, 0) is 10.4 Å². The van der Waals surface area contributed by atoms with E-state index in [1.165, 1.54) is 0 Å². The highest BCUT2D eigenvalue weighted by Gasteiger charge is 2.46. The molecule has 0 spiro atoms. The number of anilines is 1. The third kappa shape index (κ3) is 2.33. The number of rotatable bonds is 3. The second-order valence-electron chi connectivity index (χ2n) is 4.97. The summed E-state index contributed by atoms with van der Waals surface area (Å²) in [7, 11) is 0. The zero-order valence-electron chi connectivity index (χ0n) is 11.0. The molecule has 2 aromatic rings. The highest BCUT2D eigenvalue weighted by Crippen LogP contribution is 2.38. The molecular formula is C16H12ClNO3. The van der Waals surface area contributed by atoms with Crippen molar-refractivity contribution in [3.8, 4) is 0 Å². The van der Waals surface area contributed by atoms with Crippen LogP contribution in [0, 0.1) is 0 Å². The minimum absolute atomic E-state index is 0.308. The maximum atomic E-state index is 12.3. The van der Waals surface area contributed by atoms with Crippen LogP contribution in [0.4, 0.5) is 5.69 Å². The van der Waals surface area contributed by atoms with Crippen LogP contribution in [-0.4, -0.2) is 16.8 Å². The number of carbonyl (C=O) groups excluding carboxylic acids is 2. The molecule has 0 bridgehead atoms. The highest BCUT2D eigenvalue weighted by molar-refractivity contribution is 6.30. The van der Waals surface area contributed by atoms with Crippen molar-refractivity contribution in [1.29, 1.82) is 0 Å². The summed E-state index contributed by atoms with van der Waals surface area (Å²) < 4.78 is 0. The molecule has 2 N–H and O–H groups in total. The average molecular weight is 302 g/mol. The normalized spacial score (nSPS) is 20.0. The summed E-state index contributed by atoms with van der Waals surface area (Å²) in [5.74, 6) is -0.896. The largest absolute Gasteiger partial charge is 0.375 e. The van der Waals surface area contributed by atoms with Crippen LogP contribution >= 0.6 is 11.6 Å². The number of fused-ring (bicyclic) bond motifs is 1. The lowest BCUT2D eigenvalue weighted by Crippen LogP contribution is -2.36. The smallest absolute Gasteiger partial charge is 0.261 e. The summed E-state index contributed by atoms with van der Waals surface area (Å²) in [6.07, 6.45) is -0.308. The Balaban J connectivity index is 1.92. The van der Waals surface area contributed by atoms with Gasteiger partial charge >= 0.3 is 0 Å². The van der Waals surface area contributed by atoms with Crippen LogP contribution in [0.5, 0.6) is 0 Å². The fourth-order valence-electron chi connectivity index (χ4n) is 2.45. The molecule has 5 heteroatoms. The van der Waals surface area contributed by atoms with Crippen LogP contribution < -0.4 is 5.32 Å². The maximum Gasteiger partial charge on any atom is 0.261 e. The van der Waals surface area contributed by atoms with E-state index >= 15 is 0 Å². The fourth-order valence-corrected chi connectivity index (χ4v) is 2.57. The molecule has 0 aliphatic carbocycles. The van der Waals surface area contributed by atoms with Crippen molar-refractivity contribution in [2.45, 2.75) is 12.0 Å². The van der Waals surface area contributed by atoms with Crippen molar-refractivity contribution in [1.82, 2.24) is 0 Å². The quantitative estimate of drug-likeness (QED) is 0.857. The number of ketones is 1. The Labute approximate surface area is 126 Å². The number of hydrogen-bond donors (Lipinski definition) is 2. The number of carbonyl (C=O) groups is 2. The van der Waals surface area contributed by atoms with Gasteiger partial charge in [0.1, 0.15) is 0 Å². The molecule has 4 nitrogen and oxygen atoms in total. The molecule has 1 amide bonds. The minimum atomic E-state index is -1.83. The molecule has 1 aliphatic rings. The van der Waals surface area contributed by atoms with Gasteiger partial charge in [-0.1, -0.05) is 29.8 Å². The number of Topliss-reactive ketones (excluding diaryl/α,β-unsaturated/α-hetero) is 1. The topological polar surface area (TPSA) is 66.4 Å². The van der Waals surface area contributed by atoms with E-state index in [9.17, 15) is 14.7 Å². The first-order valence-corrected chi connectivity index (χ1v) is 6.80. The van der Waals surface area contributed by atoms with Gasteiger partial charge in [0.2, 0.25) is 0 Å². The van der Waals surface area contributed by atoms with E-state index in [2.05, 4.69) is 5.32 Å². The Morgan fingerprint density at radius 1 is 1.14 bits per heavy atom. The van der Waals surface area contributed by atoms with Gasteiger partial charge in [-0.2, -0.15) is 0 Å². The lowest BCUT2D eigenvalue weighted by molar-refractivity contribution is -0.133. The second kappa shape index (κ2) is 4.98. The van der Waals surface area contributed by atoms with Crippen molar-refractivity contribution < 1.29 is 14.7 Å². The first-order valence-electron chi connectivity index (χ1n) is 6.43. The van der Waals surface area contributed by atoms with Crippen molar-refractivity contribution in [3.63, 3.8) is 0 Å². The molecule has 1 heterocycles. The summed E-state index contributed by atoms with van der Waals surface area (Å²) in [6, 6.07) is 13.2. The molecule has 0 radical (unpaired) electrons. The van der Waals surface area contributed by atoms with Crippen LogP contribution in [0.1, 0.15) is 22.3 Å². The second-order valence-corrected chi connectivity index (χ2v) is 5.40. The third-order valence-corrected chi connectivity index (χ3v) is 3.83. The molecule has 0 aromatic heterocycles. The Hall–Kier alpha value is -2.17. The summed E-state index contributed by atoms with van der Waals surface area (Å²) >= 11 is 5.78. The molecular weight excluding hydrogens is 290 g/mol. The van der Waals surface area contributed by atoms with E-state index in [-0.39, 0.29) is 12.2 Å². The van der Waals surface area contributed by atoms with Crippen LogP contribution in [0.3, 0.4) is 0 Å². The Morgan fingerprint density at radius 3 is 2.52 bits per heavy atom. The number of nitrogens with one attached hydrogen (secondary N) is 1. The van der Waals surface area contributed by atoms with E-state index in [1.54, 1.807) is 48.5 Å². The number of halogens is 1. The Bertz CT molecular complexity index is 727. The molecule has 1 atom stereocenters. The zero-order chi connectivity index (χ0) is 15.0. The van der Waals surface area contributed by atoms with Gasteiger partial charge in [0.05, 0.1) is 6.42 Å². The molecule has 0 unspecified atom stereocenters. The molecule has 106 valence electrons. The SMILES string of the molecule is O=C(C[C@@]1(O)C(=O)Nc2ccccc21)c1ccc(Cl)cc1. The van der Waals surface area contributed by atoms with Crippen LogP contribution in [0.2, 0.25) is 5.02 Å². The molecule has 21 heavy (non-hydrogen) atoms. The molecule has 3 rings (SSSR count). The number of benzene rings is 2. The van der Waals surface area contributed by atoms with Crippen LogP contribution in [0.25, 0.3) is 0 Å². The average Bonchev–Trinajstić information content (AvgIpc) is 2.71. The molecule has 0 fully saturated rings. The Morgan fingerprint density at radius 2 is 1.81 bits per heavy atom. The van der Waals surface area contributed by atoms with Crippen molar-refractivity contribution >= 4 is 29.0 Å². The van der Waals surface area contributed by atoms with E-state index < -0.39 is 11.5 Å². The van der Waals surface area contributed by atoms with Gasteiger partial charge in [0.25, 0.3) is 5.91 Å². The standard InChI is InChI=1S/C16H12ClNO3/c17-11-7-5-10(6-8-11)14(19)9-16(21)12-3-1-2-4-13(12)18-15(16)20/h1-8,21H,9H2,(H,18,20)/t16-/m0/s1. The molecule has 0 saturated heterocycles. The number of hydrogen-bond acceptors (Lipinski definition) is 3. The first-order chi connectivity index (χ1) is 10.0. The molecule has 0 saturated carbocycles. The Kier molecular flexibility index (Phi) is 3.27. The van der Waals surface area contributed by atoms with Gasteiger partial charge in [-0.25, -0.2) is 0 Å². The zero-order valence-corrected chi connectivity index (χ0v) is 11.7. The third-order valence-electron chi connectivity index (χ3n) is 3.58. The molecule has 2 aromatic carbocycles. The predicted octanol–water partition coefficient (Wildman–Crippen LogP) is 2.75. The van der Waals surface area contributed by atoms with Gasteiger partial charge in [0, 0.05) is 21.8 Å². The lowest BCUT2D eigenvalue weighted by atomic mass is 9.88. The number of para-hydroxylation sites is 1. The summed E-state index contributed by atoms with van der Waals surface area (Å²) in [5, 5.41) is 13.8. The monoisotopic (exact) mass is 301 g/mol. The summed E-state index contributed by atoms with van der Waals surface area (Å²) in [6.45, 7) is 0. The van der Waals surface area contributed by atoms with E-state index in [4.69, 9.17) is 11.6 Å². The maximum absolute atomic E-state index is 12.3. The van der Waals surface area contributed by atoms with Crippen LogP contribution in [0.15, 0.2) is 48.5 Å². The van der Waals surface area contributed by atoms with Crippen molar-refractivity contribution in [3.05, 3.63) is 64.7 Å². The van der Waals surface area contributed by atoms with E-state index in [1.807, 2.05) is 0 Å². The van der Waals surface area contributed by atoms with E-state index in [0.717, 1.165) is 0 Å². The van der Waals surface area contributed by atoms with Gasteiger partial charge in [-0.3, -0.25) is 9.59 Å². The fraction of sp³-hybridized carbons (Fsp3) is 0.125. The number of amides is 1. The summed E-state index contributed by atoms with van der Waals surface area (Å²) in [5.41, 5.74) is -0.455.